The third kappa shape index (κ3) is 4.41. The molecular formula is C19H20F2N2O4S. The number of carbonyl (C=O) groups excluding carboxylic acids is 1. The summed E-state index contributed by atoms with van der Waals surface area (Å²) in [6.45, 7) is -0.746. The zero-order valence-electron chi connectivity index (χ0n) is 15.4. The van der Waals surface area contributed by atoms with E-state index in [1.54, 1.807) is 37.3 Å². The van der Waals surface area contributed by atoms with Gasteiger partial charge in [-0.15, -0.1) is 0 Å². The zero-order chi connectivity index (χ0) is 20.5. The van der Waals surface area contributed by atoms with Crippen LogP contribution in [0.2, 0.25) is 0 Å². The number of sulfonamides is 1. The van der Waals surface area contributed by atoms with E-state index in [0.717, 1.165) is 17.4 Å². The summed E-state index contributed by atoms with van der Waals surface area (Å²) >= 11 is 0. The summed E-state index contributed by atoms with van der Waals surface area (Å²) in [7, 11) is -3.34. The molecule has 0 aromatic heterocycles. The van der Waals surface area contributed by atoms with Gasteiger partial charge in [0, 0.05) is 12.1 Å². The fourth-order valence-corrected chi connectivity index (χ4v) is 4.12. The highest BCUT2D eigenvalue weighted by atomic mass is 32.2. The van der Waals surface area contributed by atoms with Crippen LogP contribution in [0.5, 0.6) is 5.75 Å². The van der Waals surface area contributed by atoms with Crippen molar-refractivity contribution in [3.05, 3.63) is 59.2 Å². The van der Waals surface area contributed by atoms with Gasteiger partial charge in [0.2, 0.25) is 10.0 Å². The number of benzene rings is 2. The van der Waals surface area contributed by atoms with Crippen molar-refractivity contribution in [3.63, 3.8) is 0 Å². The van der Waals surface area contributed by atoms with Gasteiger partial charge in [-0.3, -0.25) is 9.10 Å². The Kier molecular flexibility index (Phi) is 5.55. The summed E-state index contributed by atoms with van der Waals surface area (Å²) < 4.78 is 53.6. The van der Waals surface area contributed by atoms with Gasteiger partial charge in [0.15, 0.2) is 0 Å². The lowest BCUT2D eigenvalue weighted by molar-refractivity contribution is -0.0498. The summed E-state index contributed by atoms with van der Waals surface area (Å²) in [4.78, 5) is 12.6. The molecule has 1 aliphatic heterocycles. The molecule has 0 fully saturated rings. The number of fused-ring (bicyclic) bond motifs is 1. The number of nitrogens with one attached hydrogen (secondary N) is 1. The fraction of sp³-hybridized carbons (Fsp3) is 0.316. The molecule has 0 aliphatic carbocycles. The summed E-state index contributed by atoms with van der Waals surface area (Å²) in [6.07, 6.45) is 1.70. The molecule has 0 bridgehead atoms. The van der Waals surface area contributed by atoms with Crippen molar-refractivity contribution >= 4 is 21.6 Å². The van der Waals surface area contributed by atoms with Crippen LogP contribution in [0.25, 0.3) is 0 Å². The van der Waals surface area contributed by atoms with E-state index in [2.05, 4.69) is 10.1 Å². The van der Waals surface area contributed by atoms with Crippen molar-refractivity contribution in [2.75, 3.05) is 17.1 Å². The Labute approximate surface area is 162 Å². The van der Waals surface area contributed by atoms with E-state index in [9.17, 15) is 22.0 Å². The van der Waals surface area contributed by atoms with Gasteiger partial charge in [-0.25, -0.2) is 8.42 Å². The molecule has 150 valence electrons. The van der Waals surface area contributed by atoms with Crippen LogP contribution in [-0.2, 0) is 16.4 Å². The van der Waals surface area contributed by atoms with Gasteiger partial charge in [-0.2, -0.15) is 8.78 Å². The molecule has 1 unspecified atom stereocenters. The Morgan fingerprint density at radius 3 is 2.46 bits per heavy atom. The SMILES string of the molecule is CC(NC(=O)c1ccc2c(c1)CCN2S(C)(=O)=O)c1ccc(OC(F)F)cc1. The largest absolute Gasteiger partial charge is 0.435 e. The van der Waals surface area contributed by atoms with Gasteiger partial charge in [-0.1, -0.05) is 12.1 Å². The van der Waals surface area contributed by atoms with Crippen molar-refractivity contribution in [2.24, 2.45) is 0 Å². The number of alkyl halides is 2. The number of hydrogen-bond acceptors (Lipinski definition) is 4. The van der Waals surface area contributed by atoms with E-state index < -0.39 is 16.6 Å². The van der Waals surface area contributed by atoms with Crippen LogP contribution in [0.4, 0.5) is 14.5 Å². The third-order valence-electron chi connectivity index (χ3n) is 4.55. The molecule has 1 amide bonds. The normalized spacial score (nSPS) is 14.7. The number of carbonyl (C=O) groups is 1. The predicted octanol–water partition coefficient (Wildman–Crippen LogP) is 3.10. The lowest BCUT2D eigenvalue weighted by Crippen LogP contribution is -2.28. The number of hydrogen-bond donors (Lipinski definition) is 1. The zero-order valence-corrected chi connectivity index (χ0v) is 16.2. The molecule has 0 saturated carbocycles. The predicted molar refractivity (Wildman–Crippen MR) is 101 cm³/mol. The van der Waals surface area contributed by atoms with Gasteiger partial charge in [-0.05, 0) is 54.8 Å². The quantitative estimate of drug-likeness (QED) is 0.794. The van der Waals surface area contributed by atoms with Crippen LogP contribution in [0.3, 0.4) is 0 Å². The van der Waals surface area contributed by atoms with Crippen LogP contribution in [0.1, 0.15) is 34.5 Å². The van der Waals surface area contributed by atoms with Crippen LogP contribution in [0.15, 0.2) is 42.5 Å². The van der Waals surface area contributed by atoms with Crippen LogP contribution < -0.4 is 14.4 Å². The molecule has 9 heteroatoms. The summed E-state index contributed by atoms with van der Waals surface area (Å²) in [5.74, 6) is -0.257. The highest BCUT2D eigenvalue weighted by Crippen LogP contribution is 2.31. The Hall–Kier alpha value is -2.68. The van der Waals surface area contributed by atoms with E-state index in [1.807, 2.05) is 0 Å². The second-order valence-corrected chi connectivity index (χ2v) is 8.48. The molecule has 1 heterocycles. The monoisotopic (exact) mass is 410 g/mol. The van der Waals surface area contributed by atoms with Gasteiger partial charge >= 0.3 is 6.61 Å². The van der Waals surface area contributed by atoms with E-state index in [-0.39, 0.29) is 17.7 Å². The van der Waals surface area contributed by atoms with Crippen molar-refractivity contribution < 1.29 is 26.7 Å². The van der Waals surface area contributed by atoms with E-state index in [0.29, 0.717) is 24.2 Å². The van der Waals surface area contributed by atoms with Crippen LogP contribution in [-0.4, -0.2) is 33.7 Å². The summed E-state index contributed by atoms with van der Waals surface area (Å²) in [6, 6.07) is 10.6. The van der Waals surface area contributed by atoms with Gasteiger partial charge in [0.25, 0.3) is 5.91 Å². The smallest absolute Gasteiger partial charge is 0.387 e. The van der Waals surface area contributed by atoms with E-state index in [4.69, 9.17) is 0 Å². The maximum absolute atomic E-state index is 12.6. The Bertz CT molecular complexity index is 978. The number of rotatable bonds is 6. The molecule has 28 heavy (non-hydrogen) atoms. The van der Waals surface area contributed by atoms with Crippen molar-refractivity contribution in [2.45, 2.75) is 26.0 Å². The minimum absolute atomic E-state index is 0.0475. The second kappa shape index (κ2) is 7.75. The number of amides is 1. The van der Waals surface area contributed by atoms with Crippen molar-refractivity contribution in [1.29, 1.82) is 0 Å². The van der Waals surface area contributed by atoms with Gasteiger partial charge in [0.05, 0.1) is 18.0 Å². The first-order valence-corrected chi connectivity index (χ1v) is 10.5. The lowest BCUT2D eigenvalue weighted by Gasteiger charge is -2.17. The average Bonchev–Trinajstić information content (AvgIpc) is 3.05. The first kappa shape index (κ1) is 20.1. The van der Waals surface area contributed by atoms with Crippen LogP contribution in [0, 0.1) is 0 Å². The molecule has 0 spiro atoms. The highest BCUT2D eigenvalue weighted by molar-refractivity contribution is 7.92. The highest BCUT2D eigenvalue weighted by Gasteiger charge is 2.27. The average molecular weight is 410 g/mol. The van der Waals surface area contributed by atoms with Crippen molar-refractivity contribution in [3.8, 4) is 5.75 Å². The fourth-order valence-electron chi connectivity index (χ4n) is 3.16. The molecular weight excluding hydrogens is 390 g/mol. The Balaban J connectivity index is 1.70. The molecule has 1 aliphatic rings. The number of anilines is 1. The molecule has 0 saturated heterocycles. The molecule has 2 aromatic carbocycles. The topological polar surface area (TPSA) is 75.7 Å². The number of halogens is 2. The summed E-state index contributed by atoms with van der Waals surface area (Å²) in [5.41, 5.74) is 2.57. The molecule has 1 N–H and O–H groups in total. The molecule has 0 radical (unpaired) electrons. The first-order chi connectivity index (χ1) is 13.1. The molecule has 6 nitrogen and oxygen atoms in total. The van der Waals surface area contributed by atoms with Gasteiger partial charge < -0.3 is 10.1 Å². The maximum atomic E-state index is 12.6. The van der Waals surface area contributed by atoms with E-state index >= 15 is 0 Å². The molecule has 3 rings (SSSR count). The third-order valence-corrected chi connectivity index (χ3v) is 5.73. The minimum atomic E-state index is -3.34. The molecule has 2 aromatic rings. The van der Waals surface area contributed by atoms with Crippen LogP contribution >= 0.6 is 0 Å². The Morgan fingerprint density at radius 1 is 1.18 bits per heavy atom. The Morgan fingerprint density at radius 2 is 1.86 bits per heavy atom. The number of ether oxygens (including phenoxy) is 1. The number of nitrogens with zero attached hydrogens (tertiary/aromatic N) is 1. The van der Waals surface area contributed by atoms with Crippen molar-refractivity contribution in [1.82, 2.24) is 5.32 Å². The minimum Gasteiger partial charge on any atom is -0.435 e. The first-order valence-electron chi connectivity index (χ1n) is 8.61. The standard InChI is InChI=1S/C19H20F2N2O4S/c1-12(13-3-6-16(7-4-13)27-19(20)21)22-18(24)15-5-8-17-14(11-15)9-10-23(17)28(2,25)26/h3-8,11-12,19H,9-10H2,1-2H3,(H,22,24). The maximum Gasteiger partial charge on any atom is 0.387 e. The summed E-state index contributed by atoms with van der Waals surface area (Å²) in [5, 5.41) is 2.85. The molecule has 1 atom stereocenters. The second-order valence-electron chi connectivity index (χ2n) is 6.57. The lowest BCUT2D eigenvalue weighted by atomic mass is 10.1. The van der Waals surface area contributed by atoms with Gasteiger partial charge in [0.1, 0.15) is 5.75 Å². The van der Waals surface area contributed by atoms with E-state index in [1.165, 1.54) is 16.4 Å².